The van der Waals surface area contributed by atoms with Crippen molar-refractivity contribution >= 4 is 23.1 Å². The number of nitrogens with one attached hydrogen (secondary N) is 1. The Morgan fingerprint density at radius 3 is 2.72 bits per heavy atom. The summed E-state index contributed by atoms with van der Waals surface area (Å²) in [5.74, 6) is 0.729. The predicted octanol–water partition coefficient (Wildman–Crippen LogP) is 2.18. The molecule has 0 saturated carbocycles. The van der Waals surface area contributed by atoms with Crippen molar-refractivity contribution in [1.29, 1.82) is 0 Å². The highest BCUT2D eigenvalue weighted by molar-refractivity contribution is 6.31. The van der Waals surface area contributed by atoms with Crippen LogP contribution in [0.2, 0.25) is 5.02 Å². The first-order chi connectivity index (χ1) is 8.51. The van der Waals surface area contributed by atoms with Gasteiger partial charge in [-0.25, -0.2) is 9.67 Å². The van der Waals surface area contributed by atoms with E-state index in [0.29, 0.717) is 22.4 Å². The molecule has 8 heteroatoms. The molecule has 94 valence electrons. The molecule has 18 heavy (non-hydrogen) atoms. The van der Waals surface area contributed by atoms with Gasteiger partial charge in [-0.3, -0.25) is 10.1 Å². The minimum Gasteiger partial charge on any atom is -0.373 e. The molecule has 0 aliphatic rings. The number of aromatic nitrogens is 3. The van der Waals surface area contributed by atoms with Crippen LogP contribution < -0.4 is 5.32 Å². The lowest BCUT2D eigenvalue weighted by Crippen LogP contribution is -2.03. The van der Waals surface area contributed by atoms with Gasteiger partial charge in [0.1, 0.15) is 5.82 Å². The predicted molar refractivity (Wildman–Crippen MR) is 67.3 cm³/mol. The van der Waals surface area contributed by atoms with Gasteiger partial charge in [-0.15, -0.1) is 0 Å². The summed E-state index contributed by atoms with van der Waals surface area (Å²) in [5.41, 5.74) is 0.574. The van der Waals surface area contributed by atoms with E-state index in [1.54, 1.807) is 20.2 Å². The summed E-state index contributed by atoms with van der Waals surface area (Å²) in [7, 11) is 1.64. The molecule has 2 heterocycles. The number of rotatable bonds is 3. The van der Waals surface area contributed by atoms with E-state index in [-0.39, 0.29) is 5.69 Å². The molecular weight excluding hydrogens is 258 g/mol. The Morgan fingerprint density at radius 2 is 2.22 bits per heavy atom. The van der Waals surface area contributed by atoms with E-state index >= 15 is 0 Å². The van der Waals surface area contributed by atoms with Gasteiger partial charge in [-0.2, -0.15) is 5.10 Å². The summed E-state index contributed by atoms with van der Waals surface area (Å²) in [6, 6.07) is 2.69. The molecule has 0 bridgehead atoms. The number of nitrogens with zero attached hydrogens (tertiary/aromatic N) is 4. The Hall–Kier alpha value is -2.15. The smallest absolute Gasteiger partial charge is 0.276 e. The molecular formula is C10H10ClN5O2. The normalized spacial score (nSPS) is 10.4. The summed E-state index contributed by atoms with van der Waals surface area (Å²) in [4.78, 5) is 14.5. The lowest BCUT2D eigenvalue weighted by Gasteiger charge is -2.04. The fourth-order valence-electron chi connectivity index (χ4n) is 1.41. The molecule has 1 N–H and O–H groups in total. The molecule has 0 aliphatic heterocycles. The number of pyridine rings is 1. The SMILES string of the molecule is CNc1cc([N+](=O)[O-])cc(-n2cc(Cl)c(C)n2)n1. The van der Waals surface area contributed by atoms with Gasteiger partial charge in [-0.1, -0.05) is 11.6 Å². The third-order valence-electron chi connectivity index (χ3n) is 2.34. The standard InChI is InChI=1S/C10H10ClN5O2/c1-6-8(11)5-15(14-6)10-4-7(16(17)18)3-9(12-2)13-10/h3-5H,1-2H3,(H,12,13). The highest BCUT2D eigenvalue weighted by Crippen LogP contribution is 2.21. The molecule has 0 fully saturated rings. The van der Waals surface area contributed by atoms with Crippen molar-refractivity contribution in [1.82, 2.24) is 14.8 Å². The van der Waals surface area contributed by atoms with Gasteiger partial charge in [0.05, 0.1) is 34.0 Å². The summed E-state index contributed by atoms with van der Waals surface area (Å²) in [6.07, 6.45) is 1.56. The maximum absolute atomic E-state index is 10.8. The zero-order valence-electron chi connectivity index (χ0n) is 9.72. The topological polar surface area (TPSA) is 85.9 Å². The maximum atomic E-state index is 10.8. The molecule has 7 nitrogen and oxygen atoms in total. The Bertz CT molecular complexity index is 591. The van der Waals surface area contributed by atoms with Crippen LogP contribution in [-0.2, 0) is 0 Å². The lowest BCUT2D eigenvalue weighted by atomic mass is 10.3. The van der Waals surface area contributed by atoms with Crippen molar-refractivity contribution in [3.8, 4) is 5.82 Å². The second-order valence-electron chi connectivity index (χ2n) is 3.58. The molecule has 0 atom stereocenters. The van der Waals surface area contributed by atoms with Crippen LogP contribution in [0.25, 0.3) is 5.82 Å². The first kappa shape index (κ1) is 12.3. The van der Waals surface area contributed by atoms with E-state index in [1.165, 1.54) is 16.8 Å². The van der Waals surface area contributed by atoms with Gasteiger partial charge in [0.25, 0.3) is 5.69 Å². The number of anilines is 1. The van der Waals surface area contributed by atoms with E-state index in [2.05, 4.69) is 15.4 Å². The third-order valence-corrected chi connectivity index (χ3v) is 2.71. The fraction of sp³-hybridized carbons (Fsp3) is 0.200. The zero-order chi connectivity index (χ0) is 13.3. The van der Waals surface area contributed by atoms with E-state index in [4.69, 9.17) is 11.6 Å². The first-order valence-electron chi connectivity index (χ1n) is 5.07. The molecule has 0 aliphatic carbocycles. The summed E-state index contributed by atoms with van der Waals surface area (Å²) >= 11 is 5.89. The molecule has 2 aromatic rings. The molecule has 0 aromatic carbocycles. The summed E-state index contributed by atoms with van der Waals surface area (Å²) in [5, 5.41) is 18.2. The molecule has 2 aromatic heterocycles. The van der Waals surface area contributed by atoms with Gasteiger partial charge in [-0.05, 0) is 6.92 Å². The monoisotopic (exact) mass is 267 g/mol. The minimum atomic E-state index is -0.482. The molecule has 2 rings (SSSR count). The van der Waals surface area contributed by atoms with Gasteiger partial charge < -0.3 is 5.32 Å². The van der Waals surface area contributed by atoms with Crippen molar-refractivity contribution in [3.05, 3.63) is 39.2 Å². The van der Waals surface area contributed by atoms with Gasteiger partial charge in [0.15, 0.2) is 5.82 Å². The highest BCUT2D eigenvalue weighted by atomic mass is 35.5. The Labute approximate surface area is 108 Å². The van der Waals surface area contributed by atoms with Crippen LogP contribution >= 0.6 is 11.6 Å². The van der Waals surface area contributed by atoms with Crippen LogP contribution in [-0.4, -0.2) is 26.7 Å². The Morgan fingerprint density at radius 1 is 1.50 bits per heavy atom. The van der Waals surface area contributed by atoms with Crippen LogP contribution in [0.3, 0.4) is 0 Å². The molecule has 0 amide bonds. The van der Waals surface area contributed by atoms with Crippen LogP contribution in [0.1, 0.15) is 5.69 Å². The second kappa shape index (κ2) is 4.61. The van der Waals surface area contributed by atoms with Crippen molar-refractivity contribution in [3.63, 3.8) is 0 Å². The molecule has 0 unspecified atom stereocenters. The number of hydrogen-bond acceptors (Lipinski definition) is 5. The average molecular weight is 268 g/mol. The number of halogens is 1. The largest absolute Gasteiger partial charge is 0.373 e. The van der Waals surface area contributed by atoms with Crippen LogP contribution in [0, 0.1) is 17.0 Å². The lowest BCUT2D eigenvalue weighted by molar-refractivity contribution is -0.384. The molecule has 0 radical (unpaired) electrons. The maximum Gasteiger partial charge on any atom is 0.276 e. The van der Waals surface area contributed by atoms with Crippen LogP contribution in [0.15, 0.2) is 18.3 Å². The quantitative estimate of drug-likeness (QED) is 0.680. The van der Waals surface area contributed by atoms with E-state index in [9.17, 15) is 10.1 Å². The van der Waals surface area contributed by atoms with Gasteiger partial charge in [0, 0.05) is 7.05 Å². The Balaban J connectivity index is 2.56. The summed E-state index contributed by atoms with van der Waals surface area (Å²) in [6.45, 7) is 1.75. The summed E-state index contributed by atoms with van der Waals surface area (Å²) < 4.78 is 1.41. The minimum absolute atomic E-state index is 0.0615. The number of hydrogen-bond donors (Lipinski definition) is 1. The highest BCUT2D eigenvalue weighted by Gasteiger charge is 2.13. The van der Waals surface area contributed by atoms with Crippen LogP contribution in [0.4, 0.5) is 11.5 Å². The van der Waals surface area contributed by atoms with Crippen molar-refractivity contribution in [2.45, 2.75) is 6.92 Å². The van der Waals surface area contributed by atoms with Gasteiger partial charge in [0.2, 0.25) is 0 Å². The fourth-order valence-corrected chi connectivity index (χ4v) is 1.54. The molecule has 0 saturated heterocycles. The zero-order valence-corrected chi connectivity index (χ0v) is 10.5. The second-order valence-corrected chi connectivity index (χ2v) is 3.99. The molecule has 0 spiro atoms. The van der Waals surface area contributed by atoms with Crippen molar-refractivity contribution < 1.29 is 4.92 Å². The van der Waals surface area contributed by atoms with E-state index < -0.39 is 4.92 Å². The third kappa shape index (κ3) is 2.25. The van der Waals surface area contributed by atoms with Crippen LogP contribution in [0.5, 0.6) is 0 Å². The van der Waals surface area contributed by atoms with E-state index in [0.717, 1.165) is 0 Å². The average Bonchev–Trinajstić information content (AvgIpc) is 2.69. The number of aryl methyl sites for hydroxylation is 1. The number of nitro groups is 1. The van der Waals surface area contributed by atoms with Crippen molar-refractivity contribution in [2.75, 3.05) is 12.4 Å². The first-order valence-corrected chi connectivity index (χ1v) is 5.45. The Kier molecular flexibility index (Phi) is 3.15. The van der Waals surface area contributed by atoms with Gasteiger partial charge >= 0.3 is 0 Å². The van der Waals surface area contributed by atoms with E-state index in [1.807, 2.05) is 0 Å². The van der Waals surface area contributed by atoms with Crippen molar-refractivity contribution in [2.24, 2.45) is 0 Å².